The molecule has 1 heterocycles. The van der Waals surface area contributed by atoms with Gasteiger partial charge in [-0.05, 0) is 0 Å². The number of carboxylic acids is 1. The van der Waals surface area contributed by atoms with E-state index in [1.807, 2.05) is 12.1 Å². The summed E-state index contributed by atoms with van der Waals surface area (Å²) in [6, 6.07) is 12.1. The molecule has 0 aromatic heterocycles. The molecule has 0 spiro atoms. The Bertz CT molecular complexity index is 843. The van der Waals surface area contributed by atoms with E-state index in [1.54, 1.807) is 24.3 Å². The molecule has 2 aromatic carbocycles. The Morgan fingerprint density at radius 1 is 1.12 bits per heavy atom. The van der Waals surface area contributed by atoms with Crippen molar-refractivity contribution in [1.29, 1.82) is 0 Å². The predicted octanol–water partition coefficient (Wildman–Crippen LogP) is 3.01. The number of rotatable bonds is 5. The van der Waals surface area contributed by atoms with Crippen molar-refractivity contribution in [2.24, 2.45) is 0 Å². The van der Waals surface area contributed by atoms with Crippen molar-refractivity contribution in [1.82, 2.24) is 0 Å². The van der Waals surface area contributed by atoms with Crippen LogP contribution in [-0.2, 0) is 4.74 Å². The molecule has 1 aliphatic heterocycles. The molecule has 3 rings (SSSR count). The second kappa shape index (κ2) is 8.01. The van der Waals surface area contributed by atoms with Crippen molar-refractivity contribution in [3.8, 4) is 0 Å². The van der Waals surface area contributed by atoms with Crippen molar-refractivity contribution in [3.05, 3.63) is 70.3 Å². The number of carbonyl (C=O) groups excluding carboxylic acids is 1. The van der Waals surface area contributed by atoms with Gasteiger partial charge in [-0.2, -0.15) is 0 Å². The van der Waals surface area contributed by atoms with Crippen LogP contribution in [0.4, 0.5) is 0 Å². The van der Waals surface area contributed by atoms with Gasteiger partial charge in [0.15, 0.2) is 0 Å². The van der Waals surface area contributed by atoms with Crippen LogP contribution in [0.5, 0.6) is 0 Å². The van der Waals surface area contributed by atoms with Crippen molar-refractivity contribution in [2.75, 3.05) is 13.2 Å². The normalized spacial score (nSPS) is 14.5. The molecule has 1 radical (unpaired) electrons. The van der Waals surface area contributed by atoms with Crippen LogP contribution in [0.1, 0.15) is 32.7 Å². The van der Waals surface area contributed by atoms with Crippen LogP contribution < -0.4 is 4.35 Å². The van der Waals surface area contributed by atoms with Gasteiger partial charge >= 0.3 is 157 Å². The van der Waals surface area contributed by atoms with Gasteiger partial charge in [0.25, 0.3) is 0 Å². The monoisotopic (exact) mass is 417 g/mol. The van der Waals surface area contributed by atoms with E-state index in [1.165, 1.54) is 11.6 Å². The van der Waals surface area contributed by atoms with Crippen molar-refractivity contribution < 1.29 is 19.4 Å². The quantitative estimate of drug-likeness (QED) is 0.760. The molecule has 0 amide bonds. The Kier molecular flexibility index (Phi) is 5.74. The summed E-state index contributed by atoms with van der Waals surface area (Å²) < 4.78 is 5.82. The minimum absolute atomic E-state index is 0.0337. The van der Waals surface area contributed by atoms with Crippen LogP contribution in [0, 0.1) is 0 Å². The molecule has 6 heteroatoms. The molecule has 0 bridgehead atoms. The fraction of sp³-hybridized carbons (Fsp3) is 0.158. The Hall–Kier alpha value is -1.87. The maximum atomic E-state index is 12.5. The molecule has 0 atom stereocenters. The third-order valence-electron chi connectivity index (χ3n) is 3.88. The molecule has 0 saturated heterocycles. The second-order valence-electron chi connectivity index (χ2n) is 5.52. The van der Waals surface area contributed by atoms with Crippen LogP contribution in [0.2, 0.25) is 5.02 Å². The molecule has 127 valence electrons. The number of carboxylic acid groups (broad SMARTS) is 1. The molecule has 0 saturated carbocycles. The van der Waals surface area contributed by atoms with E-state index in [9.17, 15) is 14.7 Å². The van der Waals surface area contributed by atoms with Gasteiger partial charge in [0, 0.05) is 0 Å². The van der Waals surface area contributed by atoms with Gasteiger partial charge in [-0.3, -0.25) is 0 Å². The molecular weight excluding hydrogens is 403 g/mol. The average molecular weight is 418 g/mol. The van der Waals surface area contributed by atoms with Gasteiger partial charge in [0.05, 0.1) is 0 Å². The molecule has 1 aliphatic rings. The second-order valence-corrected chi connectivity index (χ2v) is 8.28. The Balaban J connectivity index is 1.78. The van der Waals surface area contributed by atoms with E-state index in [0.29, 0.717) is 28.2 Å². The first kappa shape index (κ1) is 17.9. The van der Waals surface area contributed by atoms with Gasteiger partial charge in [-0.1, -0.05) is 0 Å². The first-order valence-corrected chi connectivity index (χ1v) is 9.96. The van der Waals surface area contributed by atoms with E-state index >= 15 is 0 Å². The Morgan fingerprint density at radius 2 is 1.88 bits per heavy atom. The predicted molar refractivity (Wildman–Crippen MR) is 98.0 cm³/mol. The van der Waals surface area contributed by atoms with Crippen LogP contribution in [-0.4, -0.2) is 44.6 Å². The van der Waals surface area contributed by atoms with Gasteiger partial charge < -0.3 is 0 Å². The summed E-state index contributed by atoms with van der Waals surface area (Å²) in [5.41, 5.74) is 3.02. The summed E-state index contributed by atoms with van der Waals surface area (Å²) in [4.78, 5) is 23.9. The first-order chi connectivity index (χ1) is 12.0. The van der Waals surface area contributed by atoms with E-state index in [0.717, 1.165) is 12.0 Å². The number of ether oxygens (including phenoxy) is 1. The maximum absolute atomic E-state index is 12.5. The molecule has 1 N–H and O–H groups in total. The zero-order valence-electron chi connectivity index (χ0n) is 13.2. The van der Waals surface area contributed by atoms with E-state index in [4.69, 9.17) is 16.3 Å². The third kappa shape index (κ3) is 4.40. The Morgan fingerprint density at radius 3 is 2.52 bits per heavy atom. The van der Waals surface area contributed by atoms with Crippen LogP contribution in [0.15, 0.2) is 48.5 Å². The fourth-order valence-corrected chi connectivity index (χ4v) is 4.68. The fourth-order valence-electron chi connectivity index (χ4n) is 2.57. The first-order valence-electron chi connectivity index (χ1n) is 7.71. The van der Waals surface area contributed by atoms with Gasteiger partial charge in [-0.25, -0.2) is 0 Å². The zero-order chi connectivity index (χ0) is 17.8. The number of aromatic carboxylic acids is 1. The molecule has 0 unspecified atom stereocenters. The summed E-state index contributed by atoms with van der Waals surface area (Å²) >= 11 is 4.90. The van der Waals surface area contributed by atoms with Crippen LogP contribution >= 0.6 is 11.6 Å². The summed E-state index contributed by atoms with van der Waals surface area (Å²) in [5.74, 6) is -1.07. The molecule has 25 heavy (non-hydrogen) atoms. The Labute approximate surface area is 157 Å². The zero-order valence-corrected chi connectivity index (χ0v) is 15.9. The third-order valence-corrected chi connectivity index (χ3v) is 6.40. The SMILES string of the molecule is O=C([As]c1ccc(Cl)cc1C(=O)O)c1ccc(C2=CCOCC2)cc1. The van der Waals surface area contributed by atoms with Crippen molar-refractivity contribution >= 4 is 47.8 Å². The topological polar surface area (TPSA) is 63.6 Å². The molecule has 0 aliphatic carbocycles. The van der Waals surface area contributed by atoms with Crippen molar-refractivity contribution in [2.45, 2.75) is 6.42 Å². The minimum atomic E-state index is -1.07. The van der Waals surface area contributed by atoms with Crippen LogP contribution in [0.25, 0.3) is 5.57 Å². The van der Waals surface area contributed by atoms with Crippen LogP contribution in [0.3, 0.4) is 0 Å². The molecule has 2 aromatic rings. The molecular formula is C19H15AsClO4. The number of hydrogen-bond donors (Lipinski definition) is 1. The van der Waals surface area contributed by atoms with Gasteiger partial charge in [0.2, 0.25) is 0 Å². The van der Waals surface area contributed by atoms with Gasteiger partial charge in [-0.15, -0.1) is 0 Å². The average Bonchev–Trinajstić information content (AvgIpc) is 2.64. The van der Waals surface area contributed by atoms with Gasteiger partial charge in [0.1, 0.15) is 0 Å². The van der Waals surface area contributed by atoms with E-state index < -0.39 is 21.7 Å². The number of carbonyl (C=O) groups is 2. The summed E-state index contributed by atoms with van der Waals surface area (Å²) in [6.45, 7) is 1.33. The van der Waals surface area contributed by atoms with E-state index in [-0.39, 0.29) is 10.1 Å². The number of hydrogen-bond acceptors (Lipinski definition) is 3. The number of benzene rings is 2. The standard InChI is InChI=1S/C19H15AsClO4/c21-15-5-6-17(16(11-15)19(23)24)20-18(22)14-3-1-12(2-4-14)13-7-9-25-10-8-13/h1-7,11H,8-10H2,(H,23,24). The molecule has 0 fully saturated rings. The summed E-state index contributed by atoms with van der Waals surface area (Å²) in [5, 5.41) is 9.63. The molecule has 4 nitrogen and oxygen atoms in total. The number of halogens is 1. The van der Waals surface area contributed by atoms with Crippen molar-refractivity contribution in [3.63, 3.8) is 0 Å². The summed E-state index contributed by atoms with van der Waals surface area (Å²) in [6.07, 6.45) is 2.92. The van der Waals surface area contributed by atoms with E-state index in [2.05, 4.69) is 6.08 Å². The summed E-state index contributed by atoms with van der Waals surface area (Å²) in [7, 11) is 0.